The molecule has 14 nitrogen and oxygen atoms in total. The van der Waals surface area contributed by atoms with Gasteiger partial charge in [0, 0.05) is 62.2 Å². The van der Waals surface area contributed by atoms with E-state index >= 15 is 0 Å². The van der Waals surface area contributed by atoms with Crippen LogP contribution in [0.25, 0.3) is 0 Å². The van der Waals surface area contributed by atoms with Crippen LogP contribution in [0.4, 0.5) is 0 Å². The third-order valence-electron chi connectivity index (χ3n) is 7.09. The molecule has 0 N–H and O–H groups in total. The number of hydrogen-bond acceptors (Lipinski definition) is 14. The van der Waals surface area contributed by atoms with Crippen LogP contribution in [0.2, 0.25) is 0 Å². The van der Waals surface area contributed by atoms with E-state index in [2.05, 4.69) is 0 Å². The van der Waals surface area contributed by atoms with Gasteiger partial charge in [0.05, 0.1) is 0 Å². The number of carbonyl (C=O) groups is 8. The summed E-state index contributed by atoms with van der Waals surface area (Å²) in [6.07, 6.45) is 3.55. The van der Waals surface area contributed by atoms with Crippen molar-refractivity contribution in [2.75, 3.05) is 39.6 Å². The fourth-order valence-corrected chi connectivity index (χ4v) is 3.98. The number of hydrogen-bond donors (Lipinski definition) is 0. The molecule has 0 atom stereocenters. The van der Waals surface area contributed by atoms with Gasteiger partial charge in [-0.2, -0.15) is 0 Å². The Labute approximate surface area is 295 Å². The molecule has 50 heavy (non-hydrogen) atoms. The molecule has 0 rings (SSSR count). The molecule has 14 heteroatoms. The topological polar surface area (TPSA) is 192 Å². The number of carbonyl (C=O) groups excluding carboxylic acids is 8. The van der Waals surface area contributed by atoms with E-state index in [-0.39, 0.29) is 89.7 Å². The molecule has 0 aliphatic rings. The maximum absolute atomic E-state index is 11.9. The predicted octanol–water partition coefficient (Wildman–Crippen LogP) is 4.94. The lowest BCUT2D eigenvalue weighted by atomic mass is 9.88. The van der Waals surface area contributed by atoms with Crippen LogP contribution in [0.1, 0.15) is 131 Å². The van der Waals surface area contributed by atoms with Gasteiger partial charge >= 0.3 is 35.8 Å². The van der Waals surface area contributed by atoms with Gasteiger partial charge in [0.1, 0.15) is 51.2 Å². The van der Waals surface area contributed by atoms with Gasteiger partial charge in [0.15, 0.2) is 0 Å². The first-order chi connectivity index (χ1) is 23.4. The van der Waals surface area contributed by atoms with Crippen molar-refractivity contribution in [3.8, 4) is 0 Å². The summed E-state index contributed by atoms with van der Waals surface area (Å²) in [7, 11) is 0. The number of rotatable bonds is 27. The third kappa shape index (κ3) is 27.0. The van der Waals surface area contributed by atoms with Crippen molar-refractivity contribution in [2.45, 2.75) is 131 Å². The van der Waals surface area contributed by atoms with Crippen molar-refractivity contribution >= 4 is 47.4 Å². The summed E-state index contributed by atoms with van der Waals surface area (Å²) < 4.78 is 30.0. The second-order valence-electron chi connectivity index (χ2n) is 13.8. The Kier molecular flexibility index (Phi) is 24.0. The number of ketones is 2. The molecular weight excluding hydrogens is 656 g/mol. The Bertz CT molecular complexity index is 1010. The number of ether oxygens (including phenoxy) is 6. The van der Waals surface area contributed by atoms with Gasteiger partial charge in [0.2, 0.25) is 0 Å². The van der Waals surface area contributed by atoms with Crippen LogP contribution in [0.5, 0.6) is 0 Å². The molecule has 0 unspecified atom stereocenters. The highest BCUT2D eigenvalue weighted by Crippen LogP contribution is 2.19. The first-order valence-corrected chi connectivity index (χ1v) is 17.4. The average molecular weight is 715 g/mol. The Morgan fingerprint density at radius 1 is 0.300 bits per heavy atom. The monoisotopic (exact) mass is 714 g/mol. The molecule has 0 aromatic heterocycles. The second-order valence-corrected chi connectivity index (χ2v) is 13.8. The lowest BCUT2D eigenvalue weighted by Gasteiger charge is -2.15. The highest BCUT2D eigenvalue weighted by molar-refractivity contribution is 5.84. The first-order valence-electron chi connectivity index (χ1n) is 17.4. The normalized spacial score (nSPS) is 11.2. The van der Waals surface area contributed by atoms with Crippen LogP contribution in [0, 0.1) is 10.8 Å². The quantitative estimate of drug-likeness (QED) is 0.0631. The molecule has 286 valence electrons. The van der Waals surface area contributed by atoms with Crippen molar-refractivity contribution in [3.05, 3.63) is 0 Å². The highest BCUT2D eigenvalue weighted by Gasteiger charge is 2.22. The van der Waals surface area contributed by atoms with Gasteiger partial charge in [-0.05, 0) is 38.5 Å². The minimum Gasteiger partial charge on any atom is -0.462 e. The van der Waals surface area contributed by atoms with E-state index in [9.17, 15) is 38.4 Å². The molecule has 0 bridgehead atoms. The lowest BCUT2D eigenvalue weighted by molar-refractivity contribution is -0.153. The SMILES string of the molecule is CC(C)(C)C(=O)CCCC(=O)OCCOC(=O)CCCCC(=O)OCCOC(=O)CCCCC(=O)OCCOC(=O)CCCC(=O)C(C)(C)C. The van der Waals surface area contributed by atoms with Crippen molar-refractivity contribution in [1.82, 2.24) is 0 Å². The second kappa shape index (κ2) is 26.0. The summed E-state index contributed by atoms with van der Waals surface area (Å²) in [6, 6.07) is 0. The maximum atomic E-state index is 11.9. The van der Waals surface area contributed by atoms with E-state index in [0.717, 1.165) is 0 Å². The zero-order valence-electron chi connectivity index (χ0n) is 30.9. The fraction of sp³-hybridized carbons (Fsp3) is 0.778. The van der Waals surface area contributed by atoms with Gasteiger partial charge in [0.25, 0.3) is 0 Å². The molecule has 0 aromatic rings. The number of Topliss-reactive ketones (excluding diaryl/α,β-unsaturated/α-hetero) is 2. The maximum Gasteiger partial charge on any atom is 0.305 e. The van der Waals surface area contributed by atoms with Gasteiger partial charge in [-0.1, -0.05) is 41.5 Å². The van der Waals surface area contributed by atoms with Crippen molar-refractivity contribution < 1.29 is 66.8 Å². The van der Waals surface area contributed by atoms with Crippen LogP contribution in [-0.4, -0.2) is 87.0 Å². The molecule has 0 radical (unpaired) electrons. The Hall–Kier alpha value is -3.84. The van der Waals surface area contributed by atoms with Crippen LogP contribution in [-0.2, 0) is 66.8 Å². The largest absolute Gasteiger partial charge is 0.462 e. The summed E-state index contributed by atoms with van der Waals surface area (Å²) in [5, 5.41) is 0. The van der Waals surface area contributed by atoms with Crippen LogP contribution in [0.15, 0.2) is 0 Å². The van der Waals surface area contributed by atoms with Gasteiger partial charge in [-0.3, -0.25) is 38.4 Å². The Balaban J connectivity index is 3.68. The van der Waals surface area contributed by atoms with E-state index in [0.29, 0.717) is 51.4 Å². The van der Waals surface area contributed by atoms with E-state index in [1.165, 1.54) is 0 Å². The van der Waals surface area contributed by atoms with Gasteiger partial charge in [-0.15, -0.1) is 0 Å². The summed E-state index contributed by atoms with van der Waals surface area (Å²) in [4.78, 5) is 94.4. The summed E-state index contributed by atoms with van der Waals surface area (Å²) in [6.45, 7) is 10.4. The zero-order chi connectivity index (χ0) is 38.0. The summed E-state index contributed by atoms with van der Waals surface area (Å²) >= 11 is 0. The van der Waals surface area contributed by atoms with E-state index in [1.54, 1.807) is 0 Å². The molecule has 0 aliphatic heterocycles. The zero-order valence-corrected chi connectivity index (χ0v) is 30.9. The Morgan fingerprint density at radius 2 is 0.480 bits per heavy atom. The predicted molar refractivity (Wildman–Crippen MR) is 179 cm³/mol. The average Bonchev–Trinajstić information content (AvgIpc) is 3.02. The molecule has 0 heterocycles. The van der Waals surface area contributed by atoms with Crippen molar-refractivity contribution in [2.24, 2.45) is 10.8 Å². The van der Waals surface area contributed by atoms with E-state index in [4.69, 9.17) is 28.4 Å². The molecule has 0 amide bonds. The molecule has 0 saturated heterocycles. The minimum atomic E-state index is -0.494. The fourth-order valence-electron chi connectivity index (χ4n) is 3.98. The smallest absolute Gasteiger partial charge is 0.305 e. The number of unbranched alkanes of at least 4 members (excludes halogenated alkanes) is 2. The van der Waals surface area contributed by atoms with Crippen LogP contribution < -0.4 is 0 Å². The summed E-state index contributed by atoms with van der Waals surface area (Å²) in [5.41, 5.74) is -0.882. The van der Waals surface area contributed by atoms with Gasteiger partial charge in [-0.25, -0.2) is 0 Å². The lowest BCUT2D eigenvalue weighted by Crippen LogP contribution is -2.20. The van der Waals surface area contributed by atoms with Crippen LogP contribution in [0.3, 0.4) is 0 Å². The van der Waals surface area contributed by atoms with Crippen LogP contribution >= 0.6 is 0 Å². The first kappa shape index (κ1) is 46.2. The van der Waals surface area contributed by atoms with Crippen molar-refractivity contribution in [3.63, 3.8) is 0 Å². The molecule has 0 fully saturated rings. The standard InChI is InChI=1S/C36H58O14/c1-35(2,3)27(37)13-11-19-33(43)49-25-23-47-31(41)17-9-7-15-29(39)45-21-22-46-30(40)16-8-10-18-32(42)48-24-26-50-34(44)20-12-14-28(38)36(4,5)6/h7-26H2,1-6H3. The highest BCUT2D eigenvalue weighted by atomic mass is 16.6. The molecule has 0 aromatic carbocycles. The van der Waals surface area contributed by atoms with Gasteiger partial charge < -0.3 is 28.4 Å². The molecule has 0 spiro atoms. The number of esters is 6. The minimum absolute atomic E-state index is 0.0732. The molecular formula is C36H58O14. The molecule has 0 saturated carbocycles. The van der Waals surface area contributed by atoms with E-state index in [1.807, 2.05) is 41.5 Å². The molecule has 0 aliphatic carbocycles. The van der Waals surface area contributed by atoms with Crippen molar-refractivity contribution in [1.29, 1.82) is 0 Å². The third-order valence-corrected chi connectivity index (χ3v) is 7.09. The Morgan fingerprint density at radius 3 is 0.660 bits per heavy atom. The van der Waals surface area contributed by atoms with E-state index < -0.39 is 46.6 Å². The summed E-state index contributed by atoms with van der Waals surface area (Å²) in [5.74, 6) is -2.71.